The van der Waals surface area contributed by atoms with Gasteiger partial charge in [0, 0.05) is 48.3 Å². The molecular weight excluding hydrogens is 256 g/mol. The lowest BCUT2D eigenvalue weighted by Gasteiger charge is -2.12. The fourth-order valence-corrected chi connectivity index (χ4v) is 1.78. The molecule has 2 rings (SSSR count). The highest BCUT2D eigenvalue weighted by atomic mass is 16.5. The minimum Gasteiger partial charge on any atom is -0.496 e. The maximum atomic E-state index is 5.89. The molecule has 0 saturated heterocycles. The number of aryl methyl sites for hydroxylation is 1. The molecule has 0 aliphatic rings. The smallest absolute Gasteiger partial charge is 0.135 e. The molecule has 5 nitrogen and oxygen atoms in total. The van der Waals surface area contributed by atoms with E-state index in [0.717, 1.165) is 11.3 Å². The van der Waals surface area contributed by atoms with Gasteiger partial charge in [-0.2, -0.15) is 0 Å². The average molecular weight is 274 g/mol. The highest BCUT2D eigenvalue weighted by Gasteiger charge is 2.08. The minimum absolute atomic E-state index is 0.365. The van der Waals surface area contributed by atoms with Crippen molar-refractivity contribution >= 4 is 0 Å². The molecule has 0 aliphatic carbocycles. The number of hydrogen-bond donors (Lipinski definition) is 1. The molecule has 2 N–H and O–H groups in total. The zero-order valence-corrected chi connectivity index (χ0v) is 11.8. The molecule has 106 valence electrons. The van der Waals surface area contributed by atoms with Gasteiger partial charge in [0.2, 0.25) is 0 Å². The van der Waals surface area contributed by atoms with Crippen LogP contribution in [0.25, 0.3) is 0 Å². The normalized spacial score (nSPS) is 10.2. The van der Waals surface area contributed by atoms with Crippen LogP contribution in [-0.2, 0) is 6.54 Å². The van der Waals surface area contributed by atoms with Crippen LogP contribution >= 0.6 is 0 Å². The molecule has 0 bridgehead atoms. The molecule has 5 heteroatoms. The van der Waals surface area contributed by atoms with Crippen molar-refractivity contribution in [3.8, 4) is 23.0 Å². The van der Waals surface area contributed by atoms with Gasteiger partial charge >= 0.3 is 0 Å². The van der Waals surface area contributed by atoms with Crippen molar-refractivity contribution in [2.45, 2.75) is 13.5 Å². The number of methoxy groups -OCH3 is 2. The molecular formula is C15H18N2O3. The van der Waals surface area contributed by atoms with Crippen molar-refractivity contribution < 1.29 is 14.2 Å². The first-order valence-corrected chi connectivity index (χ1v) is 6.22. The lowest BCUT2D eigenvalue weighted by Crippen LogP contribution is -2.01. The zero-order chi connectivity index (χ0) is 14.5. The highest BCUT2D eigenvalue weighted by molar-refractivity contribution is 5.45. The van der Waals surface area contributed by atoms with E-state index in [4.69, 9.17) is 19.9 Å². The van der Waals surface area contributed by atoms with Crippen molar-refractivity contribution in [1.29, 1.82) is 0 Å². The van der Waals surface area contributed by atoms with Gasteiger partial charge in [0.1, 0.15) is 23.0 Å². The maximum absolute atomic E-state index is 5.89. The molecule has 0 fully saturated rings. The van der Waals surface area contributed by atoms with Gasteiger partial charge in [0.25, 0.3) is 0 Å². The fraction of sp³-hybridized carbons (Fsp3) is 0.267. The van der Waals surface area contributed by atoms with Crippen molar-refractivity contribution in [3.05, 3.63) is 41.7 Å². The Morgan fingerprint density at radius 2 is 1.60 bits per heavy atom. The summed E-state index contributed by atoms with van der Waals surface area (Å²) < 4.78 is 16.3. The molecule has 2 aromatic rings. The third kappa shape index (κ3) is 3.19. The van der Waals surface area contributed by atoms with Crippen LogP contribution in [0.4, 0.5) is 0 Å². The van der Waals surface area contributed by atoms with E-state index in [-0.39, 0.29) is 0 Å². The van der Waals surface area contributed by atoms with Crippen LogP contribution in [0.3, 0.4) is 0 Å². The first-order chi connectivity index (χ1) is 9.66. The first-order valence-electron chi connectivity index (χ1n) is 6.22. The molecule has 1 aromatic heterocycles. The van der Waals surface area contributed by atoms with Crippen LogP contribution in [0.2, 0.25) is 0 Å². The average Bonchev–Trinajstić information content (AvgIpc) is 2.47. The van der Waals surface area contributed by atoms with Crippen LogP contribution in [0.1, 0.15) is 11.3 Å². The summed E-state index contributed by atoms with van der Waals surface area (Å²) in [4.78, 5) is 4.21. The number of nitrogens with two attached hydrogens (primary N) is 1. The second-order valence-corrected chi connectivity index (χ2v) is 4.29. The van der Waals surface area contributed by atoms with E-state index in [0.29, 0.717) is 29.5 Å². The van der Waals surface area contributed by atoms with Crippen LogP contribution in [0.15, 0.2) is 30.5 Å². The molecule has 0 saturated carbocycles. The summed E-state index contributed by atoms with van der Waals surface area (Å²) in [5.74, 6) is 2.65. The largest absolute Gasteiger partial charge is 0.496 e. The van der Waals surface area contributed by atoms with Crippen LogP contribution < -0.4 is 19.9 Å². The number of nitrogens with zero attached hydrogens (tertiary/aromatic N) is 1. The van der Waals surface area contributed by atoms with Gasteiger partial charge in [-0.25, -0.2) is 0 Å². The quantitative estimate of drug-likeness (QED) is 0.908. The fourth-order valence-electron chi connectivity index (χ4n) is 1.78. The summed E-state index contributed by atoms with van der Waals surface area (Å²) in [5, 5.41) is 0. The van der Waals surface area contributed by atoms with E-state index < -0.39 is 0 Å². The monoisotopic (exact) mass is 274 g/mol. The SMILES string of the molecule is COc1cc(OC)cc(Oc2cc(C)ncc2CN)c1. The number of rotatable bonds is 5. The molecule has 1 heterocycles. The lowest BCUT2D eigenvalue weighted by molar-refractivity contribution is 0.386. The topological polar surface area (TPSA) is 66.6 Å². The Labute approximate surface area is 118 Å². The van der Waals surface area contributed by atoms with E-state index >= 15 is 0 Å². The number of hydrogen-bond acceptors (Lipinski definition) is 5. The highest BCUT2D eigenvalue weighted by Crippen LogP contribution is 2.32. The number of benzene rings is 1. The van der Waals surface area contributed by atoms with Crippen molar-refractivity contribution in [3.63, 3.8) is 0 Å². The Bertz CT molecular complexity index is 577. The van der Waals surface area contributed by atoms with E-state index in [9.17, 15) is 0 Å². The number of aromatic nitrogens is 1. The Morgan fingerprint density at radius 3 is 2.15 bits per heavy atom. The third-order valence-corrected chi connectivity index (χ3v) is 2.85. The van der Waals surface area contributed by atoms with Crippen molar-refractivity contribution in [1.82, 2.24) is 4.98 Å². The summed E-state index contributed by atoms with van der Waals surface area (Å²) in [6, 6.07) is 7.22. The summed E-state index contributed by atoms with van der Waals surface area (Å²) in [6.45, 7) is 2.27. The predicted molar refractivity (Wildman–Crippen MR) is 76.5 cm³/mol. The Kier molecular flexibility index (Phi) is 4.42. The maximum Gasteiger partial charge on any atom is 0.135 e. The standard InChI is InChI=1S/C15H18N2O3/c1-10-4-15(11(8-16)9-17-10)20-14-6-12(18-2)5-13(7-14)19-3/h4-7,9H,8,16H2,1-3H3. The van der Waals surface area contributed by atoms with Gasteiger partial charge in [-0.05, 0) is 6.92 Å². The molecule has 0 radical (unpaired) electrons. The van der Waals surface area contributed by atoms with Crippen molar-refractivity contribution in [2.75, 3.05) is 14.2 Å². The van der Waals surface area contributed by atoms with Gasteiger partial charge in [-0.15, -0.1) is 0 Å². The summed E-state index contributed by atoms with van der Waals surface area (Å²) in [6.07, 6.45) is 1.72. The zero-order valence-electron chi connectivity index (χ0n) is 11.8. The van der Waals surface area contributed by atoms with Gasteiger partial charge in [0.15, 0.2) is 0 Å². The first kappa shape index (κ1) is 14.1. The van der Waals surface area contributed by atoms with Crippen LogP contribution in [0, 0.1) is 6.92 Å². The van der Waals surface area contributed by atoms with E-state index in [1.54, 1.807) is 38.6 Å². The molecule has 0 amide bonds. The second kappa shape index (κ2) is 6.25. The lowest BCUT2D eigenvalue weighted by atomic mass is 10.2. The number of ether oxygens (including phenoxy) is 3. The molecule has 0 aliphatic heterocycles. The molecule has 1 aromatic carbocycles. The summed E-state index contributed by atoms with van der Waals surface area (Å²) >= 11 is 0. The molecule has 0 unspecified atom stereocenters. The molecule has 20 heavy (non-hydrogen) atoms. The van der Waals surface area contributed by atoms with Crippen LogP contribution in [-0.4, -0.2) is 19.2 Å². The second-order valence-electron chi connectivity index (χ2n) is 4.29. The van der Waals surface area contributed by atoms with Gasteiger partial charge in [0.05, 0.1) is 14.2 Å². The van der Waals surface area contributed by atoms with Crippen LogP contribution in [0.5, 0.6) is 23.0 Å². The summed E-state index contributed by atoms with van der Waals surface area (Å²) in [7, 11) is 3.20. The Hall–Kier alpha value is -2.27. The van der Waals surface area contributed by atoms with E-state index in [2.05, 4.69) is 4.98 Å². The van der Waals surface area contributed by atoms with Gasteiger partial charge in [-0.3, -0.25) is 4.98 Å². The van der Waals surface area contributed by atoms with E-state index in [1.165, 1.54) is 0 Å². The molecule has 0 atom stereocenters. The molecule has 0 spiro atoms. The van der Waals surface area contributed by atoms with Crippen molar-refractivity contribution in [2.24, 2.45) is 5.73 Å². The van der Waals surface area contributed by atoms with Gasteiger partial charge < -0.3 is 19.9 Å². The predicted octanol–water partition coefficient (Wildman–Crippen LogP) is 2.66. The Balaban J connectivity index is 2.36. The number of pyridine rings is 1. The minimum atomic E-state index is 0.365. The Morgan fingerprint density at radius 1 is 1.00 bits per heavy atom. The summed E-state index contributed by atoms with van der Waals surface area (Å²) in [5.41, 5.74) is 7.41. The van der Waals surface area contributed by atoms with Gasteiger partial charge in [-0.1, -0.05) is 0 Å². The van der Waals surface area contributed by atoms with E-state index in [1.807, 2.05) is 13.0 Å². The third-order valence-electron chi connectivity index (χ3n) is 2.85.